The Labute approximate surface area is 144 Å². The van der Waals surface area contributed by atoms with E-state index in [1.54, 1.807) is 10.6 Å². The lowest BCUT2D eigenvalue weighted by Crippen LogP contribution is -2.33. The summed E-state index contributed by atoms with van der Waals surface area (Å²) in [5.74, 6) is 1.47. The Bertz CT molecular complexity index is 1030. The number of hydrogen-bond acceptors (Lipinski definition) is 4. The molecule has 0 N–H and O–H groups in total. The average Bonchev–Trinajstić information content (AvgIpc) is 3.15. The van der Waals surface area contributed by atoms with Crippen LogP contribution in [0.1, 0.15) is 12.2 Å². The van der Waals surface area contributed by atoms with Crippen LogP contribution in [0.5, 0.6) is 0 Å². The van der Waals surface area contributed by atoms with Crippen molar-refractivity contribution in [3.63, 3.8) is 0 Å². The van der Waals surface area contributed by atoms with Gasteiger partial charge in [0, 0.05) is 29.2 Å². The molecule has 0 saturated carbocycles. The molecule has 0 atom stereocenters. The maximum absolute atomic E-state index is 12.4. The number of nitrogens with zero attached hydrogens (tertiary/aromatic N) is 2. The van der Waals surface area contributed by atoms with Gasteiger partial charge in [0.25, 0.3) is 5.56 Å². The third-order valence-electron chi connectivity index (χ3n) is 3.70. The van der Waals surface area contributed by atoms with Crippen molar-refractivity contribution in [1.29, 1.82) is 0 Å². The Kier molecular flexibility index (Phi) is 3.79. The number of rotatable bonds is 2. The molecule has 3 heterocycles. The van der Waals surface area contributed by atoms with E-state index < -0.39 is 0 Å². The zero-order valence-corrected chi connectivity index (χ0v) is 14.6. The van der Waals surface area contributed by atoms with Gasteiger partial charge >= 0.3 is 0 Å². The summed E-state index contributed by atoms with van der Waals surface area (Å²) >= 11 is 4.85. The topological polar surface area (TPSA) is 47.5 Å². The number of fused-ring (bicyclic) bond motifs is 1. The van der Waals surface area contributed by atoms with E-state index in [0.29, 0.717) is 10.3 Å². The number of hydrogen-bond donors (Lipinski definition) is 0. The number of halogens is 1. The maximum atomic E-state index is 12.4. The first-order valence-corrected chi connectivity index (χ1v) is 8.93. The van der Waals surface area contributed by atoms with Crippen molar-refractivity contribution in [1.82, 2.24) is 4.57 Å². The van der Waals surface area contributed by atoms with E-state index in [1.807, 2.05) is 36.4 Å². The predicted octanol–water partition coefficient (Wildman–Crippen LogP) is 2.78. The van der Waals surface area contributed by atoms with E-state index >= 15 is 0 Å². The summed E-state index contributed by atoms with van der Waals surface area (Å²) in [5, 5.41) is 0. The third-order valence-corrected chi connectivity index (χ3v) is 5.28. The number of aromatic nitrogens is 1. The fraction of sp³-hybridized carbons (Fsp3) is 0.176. The van der Waals surface area contributed by atoms with Crippen LogP contribution in [-0.4, -0.2) is 11.1 Å². The highest BCUT2D eigenvalue weighted by Gasteiger charge is 2.09. The number of thiazole rings is 1. The van der Waals surface area contributed by atoms with E-state index in [0.717, 1.165) is 40.1 Å². The van der Waals surface area contributed by atoms with Crippen LogP contribution in [0.4, 0.5) is 0 Å². The standard InChI is InChI=1S/C17H13BrN2O2S/c18-12-4-2-11(3-5-12)14-7-6-13(22-14)10-15-16(21)20-9-1-8-19-17(20)23-15/h2-7,10H,1,8-9H2/b15-10+. The van der Waals surface area contributed by atoms with Crippen LogP contribution in [-0.2, 0) is 6.54 Å². The Morgan fingerprint density at radius 1 is 1.22 bits per heavy atom. The van der Waals surface area contributed by atoms with Gasteiger partial charge in [-0.15, -0.1) is 0 Å². The van der Waals surface area contributed by atoms with E-state index in [2.05, 4.69) is 20.9 Å². The highest BCUT2D eigenvalue weighted by Crippen LogP contribution is 2.24. The summed E-state index contributed by atoms with van der Waals surface area (Å²) in [4.78, 5) is 17.6. The van der Waals surface area contributed by atoms with E-state index in [-0.39, 0.29) is 5.56 Å². The molecule has 0 saturated heterocycles. The first kappa shape index (κ1) is 14.7. The molecule has 6 heteroatoms. The zero-order chi connectivity index (χ0) is 15.8. The van der Waals surface area contributed by atoms with Gasteiger partial charge in [0.15, 0.2) is 4.80 Å². The number of furan rings is 1. The second kappa shape index (κ2) is 5.94. The molecule has 4 rings (SSSR count). The second-order valence-corrected chi connectivity index (χ2v) is 7.22. The lowest BCUT2D eigenvalue weighted by molar-refractivity contribution is 0.568. The molecular formula is C17H13BrN2O2S. The van der Waals surface area contributed by atoms with Gasteiger partial charge in [-0.05, 0) is 30.7 Å². The zero-order valence-electron chi connectivity index (χ0n) is 12.2. The minimum absolute atomic E-state index is 0.0232. The quantitative estimate of drug-likeness (QED) is 0.677. The molecule has 116 valence electrons. The van der Waals surface area contributed by atoms with Crippen LogP contribution >= 0.6 is 27.3 Å². The van der Waals surface area contributed by atoms with Crippen LogP contribution in [0.2, 0.25) is 0 Å². The summed E-state index contributed by atoms with van der Waals surface area (Å²) < 4.78 is 9.30. The summed E-state index contributed by atoms with van der Waals surface area (Å²) in [7, 11) is 0. The van der Waals surface area contributed by atoms with Gasteiger partial charge in [-0.2, -0.15) is 0 Å². The lowest BCUT2D eigenvalue weighted by atomic mass is 10.2. The fourth-order valence-electron chi connectivity index (χ4n) is 2.56. The molecule has 0 amide bonds. The van der Waals surface area contributed by atoms with Gasteiger partial charge in [0.2, 0.25) is 0 Å². The molecule has 0 fully saturated rings. The van der Waals surface area contributed by atoms with Crippen LogP contribution in [0, 0.1) is 0 Å². The SMILES string of the molecule is O=c1/c(=C\c2ccc(-c3ccc(Br)cc3)o2)sc2n1CCCN=2. The van der Waals surface area contributed by atoms with Gasteiger partial charge in [-0.25, -0.2) is 0 Å². The smallest absolute Gasteiger partial charge is 0.270 e. The third kappa shape index (κ3) is 2.84. The minimum Gasteiger partial charge on any atom is -0.457 e. The fourth-order valence-corrected chi connectivity index (χ4v) is 3.83. The molecule has 23 heavy (non-hydrogen) atoms. The molecule has 3 aromatic rings. The molecule has 0 bridgehead atoms. The van der Waals surface area contributed by atoms with Gasteiger partial charge < -0.3 is 4.42 Å². The van der Waals surface area contributed by atoms with Crippen LogP contribution in [0.15, 0.2) is 55.1 Å². The highest BCUT2D eigenvalue weighted by molar-refractivity contribution is 9.10. The van der Waals surface area contributed by atoms with Gasteiger partial charge in [-0.3, -0.25) is 14.4 Å². The largest absolute Gasteiger partial charge is 0.457 e. The highest BCUT2D eigenvalue weighted by atomic mass is 79.9. The summed E-state index contributed by atoms with van der Waals surface area (Å²) in [6, 6.07) is 11.7. The molecular weight excluding hydrogens is 376 g/mol. The van der Waals surface area contributed by atoms with E-state index in [9.17, 15) is 4.79 Å². The average molecular weight is 389 g/mol. The molecule has 0 radical (unpaired) electrons. The van der Waals surface area contributed by atoms with Crippen molar-refractivity contribution < 1.29 is 4.42 Å². The number of benzene rings is 1. The van der Waals surface area contributed by atoms with Gasteiger partial charge in [-0.1, -0.05) is 39.4 Å². The van der Waals surface area contributed by atoms with Crippen molar-refractivity contribution in [3.8, 4) is 11.3 Å². The first-order chi connectivity index (χ1) is 11.2. The summed E-state index contributed by atoms with van der Waals surface area (Å²) in [6.45, 7) is 1.55. The van der Waals surface area contributed by atoms with Gasteiger partial charge in [0.1, 0.15) is 11.5 Å². The molecule has 0 spiro atoms. The summed E-state index contributed by atoms with van der Waals surface area (Å²) in [6.07, 6.45) is 2.73. The maximum Gasteiger partial charge on any atom is 0.270 e. The Balaban J connectivity index is 1.74. The molecule has 4 nitrogen and oxygen atoms in total. The van der Waals surface area contributed by atoms with Crippen LogP contribution in [0.3, 0.4) is 0 Å². The van der Waals surface area contributed by atoms with Crippen molar-refractivity contribution in [2.75, 3.05) is 6.54 Å². The first-order valence-electron chi connectivity index (χ1n) is 7.32. The molecule has 1 aliphatic heterocycles. The Morgan fingerprint density at radius 2 is 2.04 bits per heavy atom. The second-order valence-electron chi connectivity index (χ2n) is 5.29. The monoisotopic (exact) mass is 388 g/mol. The molecule has 1 aromatic carbocycles. The van der Waals surface area contributed by atoms with E-state index in [1.165, 1.54) is 11.3 Å². The minimum atomic E-state index is 0.0232. The van der Waals surface area contributed by atoms with Crippen molar-refractivity contribution in [2.45, 2.75) is 13.0 Å². The Morgan fingerprint density at radius 3 is 2.83 bits per heavy atom. The van der Waals surface area contributed by atoms with Gasteiger partial charge in [0.05, 0.1) is 4.53 Å². The molecule has 0 unspecified atom stereocenters. The van der Waals surface area contributed by atoms with Crippen LogP contribution in [0.25, 0.3) is 17.4 Å². The molecule has 0 aliphatic carbocycles. The lowest BCUT2D eigenvalue weighted by Gasteiger charge is -2.03. The van der Waals surface area contributed by atoms with Crippen LogP contribution < -0.4 is 14.9 Å². The summed E-state index contributed by atoms with van der Waals surface area (Å²) in [5.41, 5.74) is 1.03. The normalized spacial score (nSPS) is 14.6. The molecule has 1 aliphatic rings. The van der Waals surface area contributed by atoms with Crippen molar-refractivity contribution in [3.05, 3.63) is 66.3 Å². The molecule has 2 aromatic heterocycles. The van der Waals surface area contributed by atoms with Crippen molar-refractivity contribution >= 4 is 33.3 Å². The van der Waals surface area contributed by atoms with E-state index in [4.69, 9.17) is 4.42 Å². The predicted molar refractivity (Wildman–Crippen MR) is 94.3 cm³/mol. The van der Waals surface area contributed by atoms with Crippen molar-refractivity contribution in [2.24, 2.45) is 4.99 Å². The Hall–Kier alpha value is -1.92.